The van der Waals surface area contributed by atoms with Gasteiger partial charge in [-0.3, -0.25) is 4.79 Å². The Kier molecular flexibility index (Phi) is 5.22. The quantitative estimate of drug-likeness (QED) is 0.593. The third kappa shape index (κ3) is 3.75. The van der Waals surface area contributed by atoms with Gasteiger partial charge in [-0.2, -0.15) is 13.2 Å². The first kappa shape index (κ1) is 20.9. The van der Waals surface area contributed by atoms with E-state index in [0.717, 1.165) is 11.5 Å². The third-order valence-corrected chi connectivity index (χ3v) is 6.05. The molecule has 0 saturated carbocycles. The summed E-state index contributed by atoms with van der Waals surface area (Å²) in [6.45, 7) is 1.61. The van der Waals surface area contributed by atoms with Crippen molar-refractivity contribution >= 4 is 43.8 Å². The second-order valence-electron chi connectivity index (χ2n) is 6.18. The summed E-state index contributed by atoms with van der Waals surface area (Å²) in [4.78, 5) is 11.6. The number of rotatable bonds is 3. The Balaban J connectivity index is 1.98. The monoisotopic (exact) mass is 443 g/mol. The van der Waals surface area contributed by atoms with Crippen LogP contribution >= 0.6 is 11.6 Å². The van der Waals surface area contributed by atoms with Crippen molar-refractivity contribution in [1.29, 1.82) is 0 Å². The van der Waals surface area contributed by atoms with Gasteiger partial charge in [0.15, 0.2) is 0 Å². The molecule has 10 heteroatoms. The van der Waals surface area contributed by atoms with Crippen LogP contribution in [0, 0.1) is 6.92 Å². The number of sulfone groups is 1. The van der Waals surface area contributed by atoms with E-state index in [1.54, 1.807) is 37.3 Å². The van der Waals surface area contributed by atoms with E-state index in [2.05, 4.69) is 5.32 Å². The highest BCUT2D eigenvalue weighted by Gasteiger charge is 2.47. The van der Waals surface area contributed by atoms with Gasteiger partial charge in [-0.05, 0) is 36.1 Å². The first-order valence-corrected chi connectivity index (χ1v) is 9.93. The van der Waals surface area contributed by atoms with Gasteiger partial charge in [0.1, 0.15) is 5.75 Å². The number of anilines is 1. The van der Waals surface area contributed by atoms with Crippen molar-refractivity contribution in [1.82, 2.24) is 0 Å². The molecule has 152 valence electrons. The maximum atomic E-state index is 12.7. The molecule has 0 fully saturated rings. The molecule has 0 aromatic heterocycles. The highest BCUT2D eigenvalue weighted by atomic mass is 35.5. The zero-order chi connectivity index (χ0) is 21.6. The van der Waals surface area contributed by atoms with Crippen LogP contribution in [0.1, 0.15) is 15.9 Å². The molecule has 0 spiro atoms. The Bertz CT molecular complexity index is 1240. The SMILES string of the molecule is Cc1cc2ccccc2c(O)c1C(=O)Nc1ccc(S(=O)(=O)C(F)(F)F)cc1Cl. The molecule has 1 amide bonds. The number of benzene rings is 3. The molecule has 0 unspecified atom stereocenters. The maximum Gasteiger partial charge on any atom is 0.501 e. The van der Waals surface area contributed by atoms with Gasteiger partial charge in [-0.1, -0.05) is 41.9 Å². The van der Waals surface area contributed by atoms with Crippen molar-refractivity contribution in [3.63, 3.8) is 0 Å². The lowest BCUT2D eigenvalue weighted by atomic mass is 9.99. The molecule has 2 N–H and O–H groups in total. The van der Waals surface area contributed by atoms with Crippen molar-refractivity contribution in [2.45, 2.75) is 17.3 Å². The van der Waals surface area contributed by atoms with E-state index in [1.165, 1.54) is 0 Å². The van der Waals surface area contributed by atoms with E-state index in [1.807, 2.05) is 0 Å². The predicted molar refractivity (Wildman–Crippen MR) is 103 cm³/mol. The van der Waals surface area contributed by atoms with Crippen LogP contribution in [0.2, 0.25) is 5.02 Å². The maximum absolute atomic E-state index is 12.7. The van der Waals surface area contributed by atoms with Crippen LogP contribution in [0.4, 0.5) is 18.9 Å². The second kappa shape index (κ2) is 7.23. The summed E-state index contributed by atoms with van der Waals surface area (Å²) in [6.07, 6.45) is 0. The van der Waals surface area contributed by atoms with Gasteiger partial charge in [0, 0.05) is 5.39 Å². The van der Waals surface area contributed by atoms with E-state index in [9.17, 15) is 31.5 Å². The predicted octanol–water partition coefficient (Wildman–Crippen LogP) is 5.05. The normalized spacial score (nSPS) is 12.2. The van der Waals surface area contributed by atoms with Gasteiger partial charge < -0.3 is 10.4 Å². The molecule has 0 radical (unpaired) electrons. The minimum absolute atomic E-state index is 0.0354. The smallest absolute Gasteiger partial charge is 0.501 e. The van der Waals surface area contributed by atoms with Crippen LogP contribution in [0.3, 0.4) is 0 Å². The lowest BCUT2D eigenvalue weighted by molar-refractivity contribution is -0.0436. The van der Waals surface area contributed by atoms with Crippen LogP contribution in [-0.2, 0) is 9.84 Å². The summed E-state index contributed by atoms with van der Waals surface area (Å²) in [6, 6.07) is 10.8. The molecule has 0 aliphatic rings. The Hall–Kier alpha value is -2.78. The van der Waals surface area contributed by atoms with Gasteiger partial charge in [0.2, 0.25) is 0 Å². The Morgan fingerprint density at radius 3 is 2.38 bits per heavy atom. The number of carbonyl (C=O) groups excluding carboxylic acids is 1. The van der Waals surface area contributed by atoms with E-state index in [4.69, 9.17) is 11.6 Å². The lowest BCUT2D eigenvalue weighted by Crippen LogP contribution is -2.23. The molecule has 3 rings (SSSR count). The van der Waals surface area contributed by atoms with Crippen molar-refractivity contribution in [2.24, 2.45) is 0 Å². The van der Waals surface area contributed by atoms with E-state index >= 15 is 0 Å². The largest absolute Gasteiger partial charge is 0.506 e. The molecule has 29 heavy (non-hydrogen) atoms. The van der Waals surface area contributed by atoms with Gasteiger partial charge >= 0.3 is 5.51 Å². The summed E-state index contributed by atoms with van der Waals surface area (Å²) in [5.41, 5.74) is -5.16. The summed E-state index contributed by atoms with van der Waals surface area (Å²) in [5.74, 6) is -1.01. The Morgan fingerprint density at radius 1 is 1.10 bits per heavy atom. The standard InChI is InChI=1S/C19H13ClF3NO4S/c1-10-8-11-4-2-3-5-13(11)17(25)16(10)18(26)24-15-7-6-12(9-14(15)20)29(27,28)19(21,22)23/h2-9,25H,1H3,(H,24,26). The molecule has 0 atom stereocenters. The fraction of sp³-hybridized carbons (Fsp3) is 0.105. The van der Waals surface area contributed by atoms with Crippen molar-refractivity contribution < 1.29 is 31.5 Å². The number of aryl methyl sites for hydroxylation is 1. The van der Waals surface area contributed by atoms with Crippen LogP contribution in [0.25, 0.3) is 10.8 Å². The summed E-state index contributed by atoms with van der Waals surface area (Å²) < 4.78 is 61.0. The van der Waals surface area contributed by atoms with Crippen molar-refractivity contribution in [3.05, 3.63) is 64.7 Å². The average molecular weight is 444 g/mol. The number of amides is 1. The number of alkyl halides is 3. The number of carbonyl (C=O) groups is 1. The summed E-state index contributed by atoms with van der Waals surface area (Å²) in [7, 11) is -5.57. The number of hydrogen-bond donors (Lipinski definition) is 2. The molecule has 3 aromatic carbocycles. The highest BCUT2D eigenvalue weighted by molar-refractivity contribution is 7.92. The zero-order valence-electron chi connectivity index (χ0n) is 14.7. The second-order valence-corrected chi connectivity index (χ2v) is 8.53. The minimum Gasteiger partial charge on any atom is -0.506 e. The molecule has 0 aliphatic heterocycles. The topological polar surface area (TPSA) is 83.5 Å². The minimum atomic E-state index is -5.57. The molecular formula is C19H13ClF3NO4S. The lowest BCUT2D eigenvalue weighted by Gasteiger charge is -2.14. The first-order valence-electron chi connectivity index (χ1n) is 8.07. The molecular weight excluding hydrogens is 431 g/mol. The number of phenols is 1. The van der Waals surface area contributed by atoms with E-state index in [-0.39, 0.29) is 17.0 Å². The van der Waals surface area contributed by atoms with Crippen LogP contribution in [0.15, 0.2) is 53.4 Å². The molecule has 3 aromatic rings. The average Bonchev–Trinajstić information content (AvgIpc) is 2.62. The van der Waals surface area contributed by atoms with Crippen LogP contribution in [0.5, 0.6) is 5.75 Å². The van der Waals surface area contributed by atoms with E-state index < -0.39 is 31.2 Å². The van der Waals surface area contributed by atoms with Gasteiger partial charge in [0.05, 0.1) is 21.2 Å². The zero-order valence-corrected chi connectivity index (χ0v) is 16.3. The molecule has 0 aliphatic carbocycles. The van der Waals surface area contributed by atoms with Crippen LogP contribution < -0.4 is 5.32 Å². The summed E-state index contributed by atoms with van der Waals surface area (Å²) in [5, 5.41) is 13.6. The molecule has 0 saturated heterocycles. The van der Waals surface area contributed by atoms with Gasteiger partial charge in [-0.25, -0.2) is 8.42 Å². The number of hydrogen-bond acceptors (Lipinski definition) is 4. The Morgan fingerprint density at radius 2 is 1.76 bits per heavy atom. The fourth-order valence-electron chi connectivity index (χ4n) is 2.83. The molecule has 0 bridgehead atoms. The fourth-order valence-corrected chi connectivity index (χ4v) is 3.91. The summed E-state index contributed by atoms with van der Waals surface area (Å²) >= 11 is 5.88. The van der Waals surface area contributed by atoms with Gasteiger partial charge in [-0.15, -0.1) is 0 Å². The van der Waals surface area contributed by atoms with Crippen LogP contribution in [-0.4, -0.2) is 24.9 Å². The molecule has 5 nitrogen and oxygen atoms in total. The number of fused-ring (bicyclic) bond motifs is 1. The number of halogens is 4. The number of aromatic hydroxyl groups is 1. The first-order chi connectivity index (χ1) is 13.4. The highest BCUT2D eigenvalue weighted by Crippen LogP contribution is 2.35. The Labute approximate surface area is 168 Å². The number of phenolic OH excluding ortho intramolecular Hbond substituents is 1. The van der Waals surface area contributed by atoms with Crippen molar-refractivity contribution in [3.8, 4) is 5.75 Å². The molecule has 0 heterocycles. The van der Waals surface area contributed by atoms with Crippen molar-refractivity contribution in [2.75, 3.05) is 5.32 Å². The third-order valence-electron chi connectivity index (χ3n) is 4.25. The van der Waals surface area contributed by atoms with E-state index in [0.29, 0.717) is 23.1 Å². The van der Waals surface area contributed by atoms with Gasteiger partial charge in [0.25, 0.3) is 15.7 Å². The number of nitrogens with one attached hydrogen (secondary N) is 1.